The third kappa shape index (κ3) is 1.78. The first-order valence-electron chi connectivity index (χ1n) is 4.88. The van der Waals surface area contributed by atoms with Crippen LogP contribution in [-0.4, -0.2) is 23.1 Å². The van der Waals surface area contributed by atoms with Crippen molar-refractivity contribution in [2.24, 2.45) is 0 Å². The Bertz CT molecular complexity index is 385. The smallest absolute Gasteiger partial charge is 0.199 e. The molecule has 0 aliphatic carbocycles. The van der Waals surface area contributed by atoms with E-state index in [4.69, 9.17) is 12.2 Å². The number of rotatable bonds is 2. The Balaban J connectivity index is 2.47. The summed E-state index contributed by atoms with van der Waals surface area (Å²) in [6.45, 7) is 4.82. The second kappa shape index (κ2) is 4.06. The molecule has 0 fully saturated rings. The molecule has 14 heavy (non-hydrogen) atoms. The number of anilines is 1. The zero-order chi connectivity index (χ0) is 9.97. The van der Waals surface area contributed by atoms with E-state index < -0.39 is 0 Å². The number of H-pyrrole nitrogens is 1. The molecule has 5 heteroatoms. The lowest BCUT2D eigenvalue weighted by Gasteiger charge is -2.19. The Hall–Kier alpha value is -0.940. The SMILES string of the molecule is CCNc1nc(=S)[nH]c2c1CCNC2. The Morgan fingerprint density at radius 3 is 3.21 bits per heavy atom. The quantitative estimate of drug-likeness (QED) is 0.642. The molecule has 0 saturated heterocycles. The topological polar surface area (TPSA) is 52.7 Å². The number of hydrogen-bond acceptors (Lipinski definition) is 4. The van der Waals surface area contributed by atoms with E-state index in [1.807, 2.05) is 0 Å². The van der Waals surface area contributed by atoms with Gasteiger partial charge < -0.3 is 15.6 Å². The summed E-state index contributed by atoms with van der Waals surface area (Å²) in [4.78, 5) is 7.42. The van der Waals surface area contributed by atoms with Gasteiger partial charge in [-0.05, 0) is 32.1 Å². The molecule has 1 aromatic rings. The predicted molar refractivity (Wildman–Crippen MR) is 59.0 cm³/mol. The van der Waals surface area contributed by atoms with E-state index in [0.717, 1.165) is 31.9 Å². The maximum atomic E-state index is 5.06. The van der Waals surface area contributed by atoms with E-state index in [1.165, 1.54) is 11.3 Å². The fourth-order valence-corrected chi connectivity index (χ4v) is 1.92. The van der Waals surface area contributed by atoms with Crippen molar-refractivity contribution >= 4 is 18.0 Å². The summed E-state index contributed by atoms with van der Waals surface area (Å²) >= 11 is 5.06. The van der Waals surface area contributed by atoms with Crippen LogP contribution in [0, 0.1) is 4.77 Å². The molecule has 0 atom stereocenters. The van der Waals surface area contributed by atoms with Crippen LogP contribution in [-0.2, 0) is 13.0 Å². The first-order valence-corrected chi connectivity index (χ1v) is 5.28. The lowest BCUT2D eigenvalue weighted by atomic mass is 10.1. The van der Waals surface area contributed by atoms with E-state index in [-0.39, 0.29) is 0 Å². The lowest BCUT2D eigenvalue weighted by Crippen LogP contribution is -2.26. The molecule has 4 nitrogen and oxygen atoms in total. The monoisotopic (exact) mass is 210 g/mol. The molecule has 3 N–H and O–H groups in total. The molecule has 1 aromatic heterocycles. The highest BCUT2D eigenvalue weighted by Gasteiger charge is 2.13. The molecule has 1 aliphatic heterocycles. The molecule has 76 valence electrons. The van der Waals surface area contributed by atoms with Crippen molar-refractivity contribution in [3.8, 4) is 0 Å². The fourth-order valence-electron chi connectivity index (χ4n) is 1.71. The highest BCUT2D eigenvalue weighted by molar-refractivity contribution is 7.71. The van der Waals surface area contributed by atoms with Gasteiger partial charge in [-0.2, -0.15) is 0 Å². The zero-order valence-electron chi connectivity index (χ0n) is 8.18. The normalized spacial score (nSPS) is 14.9. The van der Waals surface area contributed by atoms with E-state index in [0.29, 0.717) is 4.77 Å². The van der Waals surface area contributed by atoms with Crippen molar-refractivity contribution in [3.63, 3.8) is 0 Å². The Kier molecular flexibility index (Phi) is 2.79. The van der Waals surface area contributed by atoms with Gasteiger partial charge in [0.25, 0.3) is 0 Å². The highest BCUT2D eigenvalue weighted by Crippen LogP contribution is 2.18. The first-order chi connectivity index (χ1) is 6.81. The van der Waals surface area contributed by atoms with E-state index in [1.54, 1.807) is 0 Å². The minimum absolute atomic E-state index is 0.559. The second-order valence-electron chi connectivity index (χ2n) is 3.30. The van der Waals surface area contributed by atoms with E-state index in [9.17, 15) is 0 Å². The minimum Gasteiger partial charge on any atom is -0.370 e. The molecule has 2 rings (SSSR count). The van der Waals surface area contributed by atoms with Gasteiger partial charge in [0.1, 0.15) is 5.82 Å². The minimum atomic E-state index is 0.559. The van der Waals surface area contributed by atoms with Crippen LogP contribution in [0.5, 0.6) is 0 Å². The molecule has 0 amide bonds. The molecule has 0 aromatic carbocycles. The third-order valence-corrected chi connectivity index (χ3v) is 2.51. The summed E-state index contributed by atoms with van der Waals surface area (Å²) in [5, 5.41) is 6.56. The van der Waals surface area contributed by atoms with Crippen molar-refractivity contribution < 1.29 is 0 Å². The molecule has 0 bridgehead atoms. The van der Waals surface area contributed by atoms with Crippen molar-refractivity contribution in [2.45, 2.75) is 19.9 Å². The van der Waals surface area contributed by atoms with Crippen molar-refractivity contribution in [1.29, 1.82) is 0 Å². The van der Waals surface area contributed by atoms with Crippen molar-refractivity contribution in [1.82, 2.24) is 15.3 Å². The predicted octanol–water partition coefficient (Wildman–Crippen LogP) is 1.22. The maximum absolute atomic E-state index is 5.06. The molecule has 0 saturated carbocycles. The Morgan fingerprint density at radius 1 is 1.57 bits per heavy atom. The van der Waals surface area contributed by atoms with Gasteiger partial charge in [-0.25, -0.2) is 4.98 Å². The number of nitrogens with one attached hydrogen (secondary N) is 3. The number of aromatic amines is 1. The van der Waals surface area contributed by atoms with Crippen LogP contribution in [0.4, 0.5) is 5.82 Å². The van der Waals surface area contributed by atoms with Crippen LogP contribution in [0.1, 0.15) is 18.2 Å². The van der Waals surface area contributed by atoms with E-state index in [2.05, 4.69) is 27.5 Å². The summed E-state index contributed by atoms with van der Waals surface area (Å²) in [6.07, 6.45) is 1.01. The lowest BCUT2D eigenvalue weighted by molar-refractivity contribution is 0.623. The average molecular weight is 210 g/mol. The standard InChI is InChI=1S/C9H14N4S/c1-2-11-8-6-3-4-10-5-7(6)12-9(14)13-8/h10H,2-5H2,1H3,(H2,11,12,13,14). The van der Waals surface area contributed by atoms with Gasteiger partial charge in [-0.1, -0.05) is 0 Å². The zero-order valence-corrected chi connectivity index (χ0v) is 9.00. The molecule has 1 aliphatic rings. The van der Waals surface area contributed by atoms with Gasteiger partial charge in [-0.15, -0.1) is 0 Å². The number of aromatic nitrogens is 2. The molecule has 0 spiro atoms. The molecule has 0 radical (unpaired) electrons. The number of hydrogen-bond donors (Lipinski definition) is 3. The van der Waals surface area contributed by atoms with Gasteiger partial charge in [-0.3, -0.25) is 0 Å². The fraction of sp³-hybridized carbons (Fsp3) is 0.556. The van der Waals surface area contributed by atoms with Gasteiger partial charge in [0, 0.05) is 24.3 Å². The maximum Gasteiger partial charge on any atom is 0.199 e. The summed E-state index contributed by atoms with van der Waals surface area (Å²) in [6, 6.07) is 0. The largest absolute Gasteiger partial charge is 0.370 e. The second-order valence-corrected chi connectivity index (χ2v) is 3.69. The highest BCUT2D eigenvalue weighted by atomic mass is 32.1. The molecule has 2 heterocycles. The third-order valence-electron chi connectivity index (χ3n) is 2.32. The van der Waals surface area contributed by atoms with E-state index >= 15 is 0 Å². The van der Waals surface area contributed by atoms with Crippen LogP contribution in [0.15, 0.2) is 0 Å². The molecular formula is C9H14N4S. The van der Waals surface area contributed by atoms with Crippen molar-refractivity contribution in [2.75, 3.05) is 18.4 Å². The summed E-state index contributed by atoms with van der Waals surface area (Å²) in [5.74, 6) is 0.952. The summed E-state index contributed by atoms with van der Waals surface area (Å²) in [5.41, 5.74) is 2.45. The van der Waals surface area contributed by atoms with Crippen LogP contribution in [0.3, 0.4) is 0 Å². The van der Waals surface area contributed by atoms with Crippen LogP contribution in [0.25, 0.3) is 0 Å². The van der Waals surface area contributed by atoms with Gasteiger partial charge in [0.15, 0.2) is 4.77 Å². The van der Waals surface area contributed by atoms with Crippen LogP contribution >= 0.6 is 12.2 Å². The first kappa shape index (κ1) is 9.61. The van der Waals surface area contributed by atoms with Crippen LogP contribution in [0.2, 0.25) is 0 Å². The Labute approximate surface area is 88.1 Å². The summed E-state index contributed by atoms with van der Waals surface area (Å²) < 4.78 is 0.559. The molecular weight excluding hydrogens is 196 g/mol. The molecule has 0 unspecified atom stereocenters. The number of nitrogens with zero attached hydrogens (tertiary/aromatic N) is 1. The van der Waals surface area contributed by atoms with Gasteiger partial charge in [0.2, 0.25) is 0 Å². The van der Waals surface area contributed by atoms with Crippen molar-refractivity contribution in [3.05, 3.63) is 16.0 Å². The van der Waals surface area contributed by atoms with Gasteiger partial charge >= 0.3 is 0 Å². The van der Waals surface area contributed by atoms with Crippen LogP contribution < -0.4 is 10.6 Å². The summed E-state index contributed by atoms with van der Waals surface area (Å²) in [7, 11) is 0. The Morgan fingerprint density at radius 2 is 2.43 bits per heavy atom. The average Bonchev–Trinajstić information content (AvgIpc) is 2.18. The van der Waals surface area contributed by atoms with Gasteiger partial charge in [0.05, 0.1) is 0 Å². The number of fused-ring (bicyclic) bond motifs is 1.